The summed E-state index contributed by atoms with van der Waals surface area (Å²) >= 11 is 0. The predicted octanol–water partition coefficient (Wildman–Crippen LogP) is 2.79. The number of ether oxygens (including phenoxy) is 1. The molecule has 2 aromatic rings. The minimum Gasteiger partial charge on any atom is -0.406 e. The Morgan fingerprint density at radius 1 is 1.03 bits per heavy atom. The molecule has 1 aromatic carbocycles. The number of rotatable bonds is 3. The van der Waals surface area contributed by atoms with E-state index in [1.807, 2.05) is 0 Å². The summed E-state index contributed by atoms with van der Waals surface area (Å²) in [4.78, 5) is 12.5. The number of sulfonamides is 1. The first-order valence-corrected chi connectivity index (χ1v) is 10.9. The summed E-state index contributed by atoms with van der Waals surface area (Å²) in [6, 6.07) is 8.54. The van der Waals surface area contributed by atoms with Gasteiger partial charge in [0.1, 0.15) is 5.75 Å². The molecule has 0 aliphatic carbocycles. The molecule has 0 spiro atoms. The molecule has 2 aliphatic rings. The highest BCUT2D eigenvalue weighted by molar-refractivity contribution is 7.88. The lowest BCUT2D eigenvalue weighted by Crippen LogP contribution is -2.49. The Morgan fingerprint density at radius 3 is 2.34 bits per heavy atom. The summed E-state index contributed by atoms with van der Waals surface area (Å²) in [5, 5.41) is 0. The Labute approximate surface area is 165 Å². The fourth-order valence-corrected chi connectivity index (χ4v) is 5.25. The molecule has 1 saturated heterocycles. The van der Waals surface area contributed by atoms with Crippen LogP contribution in [-0.2, 0) is 16.6 Å². The Balaban J connectivity index is 1.75. The van der Waals surface area contributed by atoms with Gasteiger partial charge in [-0.2, -0.15) is 0 Å². The highest BCUT2D eigenvalue weighted by Crippen LogP contribution is 2.40. The van der Waals surface area contributed by atoms with Gasteiger partial charge in [-0.05, 0) is 36.1 Å². The van der Waals surface area contributed by atoms with Crippen molar-refractivity contribution >= 4 is 10.0 Å². The summed E-state index contributed by atoms with van der Waals surface area (Å²) in [5.41, 5.74) is 1.91. The molecule has 0 amide bonds. The van der Waals surface area contributed by atoms with E-state index in [1.165, 1.54) is 40.9 Å². The van der Waals surface area contributed by atoms with Crippen molar-refractivity contribution in [2.45, 2.75) is 25.2 Å². The molecule has 0 unspecified atom stereocenters. The normalized spacial score (nSPS) is 22.2. The molecule has 3 heterocycles. The quantitative estimate of drug-likeness (QED) is 0.754. The van der Waals surface area contributed by atoms with Gasteiger partial charge in [0.15, 0.2) is 0 Å². The molecule has 1 fully saturated rings. The van der Waals surface area contributed by atoms with Crippen molar-refractivity contribution in [2.24, 2.45) is 5.92 Å². The SMILES string of the molecule is CS(=O)(=O)N1C[C@H]2C[C@H](C1)c1c(-c3ccc(OC(F)(F)F)cc3)ccc(=O)n1C2. The molecular formula is C19H19F3N2O4S. The molecule has 2 bridgehead atoms. The highest BCUT2D eigenvalue weighted by Gasteiger charge is 2.39. The van der Waals surface area contributed by atoms with Gasteiger partial charge in [-0.1, -0.05) is 12.1 Å². The summed E-state index contributed by atoms with van der Waals surface area (Å²) in [6.07, 6.45) is -2.84. The molecule has 2 atom stereocenters. The van der Waals surface area contributed by atoms with Crippen LogP contribution in [0.1, 0.15) is 18.0 Å². The van der Waals surface area contributed by atoms with Gasteiger partial charge >= 0.3 is 6.36 Å². The van der Waals surface area contributed by atoms with E-state index in [9.17, 15) is 26.4 Å². The maximum absolute atomic E-state index is 12.5. The number of benzene rings is 1. The van der Waals surface area contributed by atoms with Crippen molar-refractivity contribution in [3.8, 4) is 16.9 Å². The summed E-state index contributed by atoms with van der Waals surface area (Å²) < 4.78 is 68.3. The Morgan fingerprint density at radius 2 is 1.72 bits per heavy atom. The standard InChI is InChI=1S/C19H19F3N2O4S/c1-29(26,27)23-9-12-8-14(11-23)18-16(6-7-17(25)24(18)10-12)13-2-4-15(5-3-13)28-19(20,21)22/h2-7,12,14H,8-11H2,1H3/t12-,14-/m1/s1. The van der Waals surface area contributed by atoms with Gasteiger partial charge in [0.2, 0.25) is 10.0 Å². The maximum Gasteiger partial charge on any atom is 0.573 e. The molecule has 0 N–H and O–H groups in total. The molecule has 2 aliphatic heterocycles. The van der Waals surface area contributed by atoms with Gasteiger partial charge in [-0.15, -0.1) is 13.2 Å². The highest BCUT2D eigenvalue weighted by atomic mass is 32.2. The lowest BCUT2D eigenvalue weighted by molar-refractivity contribution is -0.274. The molecule has 0 saturated carbocycles. The second-order valence-electron chi connectivity index (χ2n) is 7.53. The molecule has 156 valence electrons. The second-order valence-corrected chi connectivity index (χ2v) is 9.51. The molecular weight excluding hydrogens is 409 g/mol. The molecule has 0 radical (unpaired) electrons. The minimum atomic E-state index is -4.77. The summed E-state index contributed by atoms with van der Waals surface area (Å²) in [6.45, 7) is 1.08. The number of hydrogen-bond donors (Lipinski definition) is 0. The lowest BCUT2D eigenvalue weighted by Gasteiger charge is -2.42. The van der Waals surface area contributed by atoms with E-state index in [4.69, 9.17) is 0 Å². The third-order valence-electron chi connectivity index (χ3n) is 5.42. The van der Waals surface area contributed by atoms with Gasteiger partial charge in [0.25, 0.3) is 5.56 Å². The number of pyridine rings is 1. The zero-order valence-corrected chi connectivity index (χ0v) is 16.3. The van der Waals surface area contributed by atoms with Crippen LogP contribution in [0.2, 0.25) is 0 Å². The summed E-state index contributed by atoms with van der Waals surface area (Å²) in [7, 11) is -3.36. The lowest BCUT2D eigenvalue weighted by atomic mass is 9.81. The van der Waals surface area contributed by atoms with Crippen LogP contribution < -0.4 is 10.3 Å². The van der Waals surface area contributed by atoms with E-state index in [-0.39, 0.29) is 29.7 Å². The van der Waals surface area contributed by atoms with E-state index in [1.54, 1.807) is 10.6 Å². The average molecular weight is 428 g/mol. The second kappa shape index (κ2) is 6.88. The first kappa shape index (κ1) is 20.0. The third kappa shape index (κ3) is 4.04. The first-order valence-electron chi connectivity index (χ1n) is 9.06. The Hall–Kier alpha value is -2.33. The Bertz CT molecular complexity index is 1090. The number of aromatic nitrogens is 1. The number of alkyl halides is 3. The topological polar surface area (TPSA) is 68.6 Å². The van der Waals surface area contributed by atoms with Gasteiger partial charge < -0.3 is 9.30 Å². The summed E-state index contributed by atoms with van der Waals surface area (Å²) in [5.74, 6) is -0.442. The Kier molecular flexibility index (Phi) is 4.73. The van der Waals surface area contributed by atoms with E-state index >= 15 is 0 Å². The molecule has 10 heteroatoms. The van der Waals surface area contributed by atoms with Gasteiger partial charge in [0, 0.05) is 42.9 Å². The van der Waals surface area contributed by atoms with E-state index in [0.717, 1.165) is 12.1 Å². The van der Waals surface area contributed by atoms with Crippen molar-refractivity contribution < 1.29 is 26.3 Å². The van der Waals surface area contributed by atoms with Crippen LogP contribution in [0.5, 0.6) is 5.75 Å². The third-order valence-corrected chi connectivity index (χ3v) is 6.66. The molecule has 1 aromatic heterocycles. The van der Waals surface area contributed by atoms with Crippen LogP contribution in [0, 0.1) is 5.92 Å². The zero-order chi connectivity index (χ0) is 21.0. The van der Waals surface area contributed by atoms with Crippen LogP contribution >= 0.6 is 0 Å². The fraction of sp³-hybridized carbons (Fsp3) is 0.421. The van der Waals surface area contributed by atoms with E-state index in [2.05, 4.69) is 4.74 Å². The van der Waals surface area contributed by atoms with Crippen LogP contribution in [0.25, 0.3) is 11.1 Å². The first-order chi connectivity index (χ1) is 13.5. The fourth-order valence-electron chi connectivity index (χ4n) is 4.32. The van der Waals surface area contributed by atoms with Crippen molar-refractivity contribution in [3.05, 3.63) is 52.4 Å². The van der Waals surface area contributed by atoms with Gasteiger partial charge in [0.05, 0.1) is 6.26 Å². The minimum absolute atomic E-state index is 0.0477. The van der Waals surface area contributed by atoms with Crippen LogP contribution in [-0.4, -0.2) is 43.0 Å². The largest absolute Gasteiger partial charge is 0.573 e. The monoisotopic (exact) mass is 428 g/mol. The molecule has 4 rings (SSSR count). The zero-order valence-electron chi connectivity index (χ0n) is 15.5. The smallest absolute Gasteiger partial charge is 0.406 e. The number of piperidine rings is 1. The van der Waals surface area contributed by atoms with Gasteiger partial charge in [-0.25, -0.2) is 12.7 Å². The van der Waals surface area contributed by atoms with Crippen LogP contribution in [0.15, 0.2) is 41.2 Å². The number of nitrogens with zero attached hydrogens (tertiary/aromatic N) is 2. The van der Waals surface area contributed by atoms with E-state index in [0.29, 0.717) is 24.2 Å². The predicted molar refractivity (Wildman–Crippen MR) is 100 cm³/mol. The van der Waals surface area contributed by atoms with Crippen LogP contribution in [0.4, 0.5) is 13.2 Å². The average Bonchev–Trinajstić information content (AvgIpc) is 2.61. The van der Waals surface area contributed by atoms with Crippen molar-refractivity contribution in [1.29, 1.82) is 0 Å². The number of halogens is 3. The van der Waals surface area contributed by atoms with Crippen molar-refractivity contribution in [1.82, 2.24) is 8.87 Å². The van der Waals surface area contributed by atoms with Crippen molar-refractivity contribution in [3.63, 3.8) is 0 Å². The maximum atomic E-state index is 12.5. The van der Waals surface area contributed by atoms with Gasteiger partial charge in [-0.3, -0.25) is 4.79 Å². The number of hydrogen-bond acceptors (Lipinski definition) is 4. The van der Waals surface area contributed by atoms with E-state index < -0.39 is 16.4 Å². The van der Waals surface area contributed by atoms with Crippen molar-refractivity contribution in [2.75, 3.05) is 19.3 Å². The molecule has 29 heavy (non-hydrogen) atoms. The number of fused-ring (bicyclic) bond motifs is 4. The van der Waals surface area contributed by atoms with Crippen LogP contribution in [0.3, 0.4) is 0 Å². The molecule has 6 nitrogen and oxygen atoms in total.